The van der Waals surface area contributed by atoms with E-state index in [9.17, 15) is 4.79 Å². The highest BCUT2D eigenvalue weighted by atomic mass is 16.5. The van der Waals surface area contributed by atoms with Crippen LogP contribution in [0, 0.1) is 11.3 Å². The van der Waals surface area contributed by atoms with E-state index < -0.39 is 0 Å². The van der Waals surface area contributed by atoms with Crippen LogP contribution in [-0.4, -0.2) is 31.1 Å². The Kier molecular flexibility index (Phi) is 5.20. The fourth-order valence-corrected chi connectivity index (χ4v) is 3.11. The van der Waals surface area contributed by atoms with E-state index in [1.54, 1.807) is 31.4 Å². The van der Waals surface area contributed by atoms with Crippen molar-refractivity contribution in [2.24, 2.45) is 0 Å². The number of methoxy groups -OCH3 is 1. The average Bonchev–Trinajstić information content (AvgIpc) is 3.16. The molecule has 0 saturated carbocycles. The van der Waals surface area contributed by atoms with Crippen molar-refractivity contribution in [3.05, 3.63) is 59.7 Å². The van der Waals surface area contributed by atoms with Crippen LogP contribution in [0.15, 0.2) is 48.5 Å². The van der Waals surface area contributed by atoms with Crippen molar-refractivity contribution in [3.8, 4) is 17.6 Å². The number of likely N-dealkylation sites (tertiary alicyclic amines) is 1. The first kappa shape index (κ1) is 16.8. The van der Waals surface area contributed by atoms with E-state index in [-0.39, 0.29) is 18.6 Å². The van der Waals surface area contributed by atoms with Gasteiger partial charge < -0.3 is 14.4 Å². The molecule has 1 saturated heterocycles. The zero-order valence-corrected chi connectivity index (χ0v) is 14.1. The Hall–Kier alpha value is -3.00. The minimum Gasteiger partial charge on any atom is -0.497 e. The SMILES string of the molecule is COc1cccc([C@@H]2CCCN2C(=O)COc2ccc(C#N)cc2)c1. The second-order valence-corrected chi connectivity index (χ2v) is 5.95. The lowest BCUT2D eigenvalue weighted by atomic mass is 10.0. The molecule has 1 amide bonds. The molecule has 0 N–H and O–H groups in total. The molecule has 1 aliphatic rings. The van der Waals surface area contributed by atoms with Crippen molar-refractivity contribution in [3.63, 3.8) is 0 Å². The molecule has 2 aromatic carbocycles. The third-order valence-electron chi connectivity index (χ3n) is 4.40. The number of rotatable bonds is 5. The van der Waals surface area contributed by atoms with Crippen LogP contribution in [0.1, 0.15) is 30.0 Å². The van der Waals surface area contributed by atoms with E-state index in [0.717, 1.165) is 30.7 Å². The van der Waals surface area contributed by atoms with E-state index in [1.165, 1.54) is 0 Å². The monoisotopic (exact) mass is 336 g/mol. The molecule has 1 atom stereocenters. The van der Waals surface area contributed by atoms with Crippen LogP contribution in [0.2, 0.25) is 0 Å². The van der Waals surface area contributed by atoms with Crippen molar-refractivity contribution < 1.29 is 14.3 Å². The van der Waals surface area contributed by atoms with Crippen molar-refractivity contribution in [2.75, 3.05) is 20.3 Å². The van der Waals surface area contributed by atoms with Crippen LogP contribution in [0.25, 0.3) is 0 Å². The van der Waals surface area contributed by atoms with Gasteiger partial charge in [0.15, 0.2) is 6.61 Å². The number of carbonyl (C=O) groups excluding carboxylic acids is 1. The largest absolute Gasteiger partial charge is 0.497 e. The van der Waals surface area contributed by atoms with Gasteiger partial charge in [-0.3, -0.25) is 4.79 Å². The smallest absolute Gasteiger partial charge is 0.261 e. The maximum absolute atomic E-state index is 12.6. The average molecular weight is 336 g/mol. The lowest BCUT2D eigenvalue weighted by Gasteiger charge is -2.25. The van der Waals surface area contributed by atoms with Crippen LogP contribution < -0.4 is 9.47 Å². The summed E-state index contributed by atoms with van der Waals surface area (Å²) < 4.78 is 10.9. The van der Waals surface area contributed by atoms with Crippen molar-refractivity contribution in [1.82, 2.24) is 4.90 Å². The van der Waals surface area contributed by atoms with Gasteiger partial charge in [-0.1, -0.05) is 12.1 Å². The Morgan fingerprint density at radius 3 is 2.76 bits per heavy atom. The molecule has 5 heteroatoms. The Balaban J connectivity index is 1.65. The summed E-state index contributed by atoms with van der Waals surface area (Å²) >= 11 is 0. The quantitative estimate of drug-likeness (QED) is 0.840. The molecule has 2 aromatic rings. The number of nitriles is 1. The summed E-state index contributed by atoms with van der Waals surface area (Å²) in [4.78, 5) is 14.5. The van der Waals surface area contributed by atoms with E-state index in [4.69, 9.17) is 14.7 Å². The lowest BCUT2D eigenvalue weighted by Crippen LogP contribution is -2.34. The number of nitrogens with zero attached hydrogens (tertiary/aromatic N) is 2. The van der Waals surface area contributed by atoms with Gasteiger partial charge in [0.1, 0.15) is 11.5 Å². The number of carbonyl (C=O) groups is 1. The molecule has 128 valence electrons. The molecule has 0 aromatic heterocycles. The molecular weight excluding hydrogens is 316 g/mol. The third-order valence-corrected chi connectivity index (χ3v) is 4.40. The molecular formula is C20H20N2O3. The molecule has 3 rings (SSSR count). The van der Waals surface area contributed by atoms with E-state index in [0.29, 0.717) is 11.3 Å². The Morgan fingerprint density at radius 2 is 2.04 bits per heavy atom. The summed E-state index contributed by atoms with van der Waals surface area (Å²) in [5.41, 5.74) is 1.65. The summed E-state index contributed by atoms with van der Waals surface area (Å²) in [5.74, 6) is 1.35. The first-order valence-corrected chi connectivity index (χ1v) is 8.27. The van der Waals surface area contributed by atoms with Crippen LogP contribution in [0.5, 0.6) is 11.5 Å². The van der Waals surface area contributed by atoms with Gasteiger partial charge in [-0.05, 0) is 54.8 Å². The summed E-state index contributed by atoms with van der Waals surface area (Å²) in [7, 11) is 1.64. The van der Waals surface area contributed by atoms with E-state index in [2.05, 4.69) is 6.07 Å². The minimum absolute atomic E-state index is 0.00757. The van der Waals surface area contributed by atoms with Crippen LogP contribution in [0.3, 0.4) is 0 Å². The van der Waals surface area contributed by atoms with Gasteiger partial charge in [0, 0.05) is 6.54 Å². The molecule has 25 heavy (non-hydrogen) atoms. The molecule has 5 nitrogen and oxygen atoms in total. The highest BCUT2D eigenvalue weighted by molar-refractivity contribution is 5.78. The molecule has 0 bridgehead atoms. The zero-order valence-electron chi connectivity index (χ0n) is 14.1. The molecule has 0 aliphatic carbocycles. The zero-order chi connectivity index (χ0) is 17.6. The number of benzene rings is 2. The van der Waals surface area contributed by atoms with Gasteiger partial charge in [0.05, 0.1) is 24.8 Å². The second-order valence-electron chi connectivity index (χ2n) is 5.95. The van der Waals surface area contributed by atoms with Crippen LogP contribution in [-0.2, 0) is 4.79 Å². The van der Waals surface area contributed by atoms with Gasteiger partial charge in [-0.25, -0.2) is 0 Å². The summed E-state index contributed by atoms with van der Waals surface area (Å²) in [6.07, 6.45) is 1.92. The maximum atomic E-state index is 12.6. The Bertz CT molecular complexity index is 780. The fourth-order valence-electron chi connectivity index (χ4n) is 3.11. The predicted molar refractivity (Wildman–Crippen MR) is 93.3 cm³/mol. The molecule has 0 unspecified atom stereocenters. The summed E-state index contributed by atoms with van der Waals surface area (Å²) in [5, 5.41) is 8.80. The molecule has 1 fully saturated rings. The van der Waals surface area contributed by atoms with E-state index >= 15 is 0 Å². The number of amides is 1. The molecule has 1 heterocycles. The van der Waals surface area contributed by atoms with Crippen molar-refractivity contribution >= 4 is 5.91 Å². The summed E-state index contributed by atoms with van der Waals surface area (Å²) in [6.45, 7) is 0.726. The van der Waals surface area contributed by atoms with Crippen molar-refractivity contribution in [1.29, 1.82) is 5.26 Å². The highest BCUT2D eigenvalue weighted by Gasteiger charge is 2.30. The van der Waals surface area contributed by atoms with Gasteiger partial charge in [0.2, 0.25) is 0 Å². The van der Waals surface area contributed by atoms with Crippen LogP contribution >= 0.6 is 0 Å². The van der Waals surface area contributed by atoms with Crippen LogP contribution in [0.4, 0.5) is 0 Å². The standard InChI is InChI=1S/C20H20N2O3/c1-24-18-5-2-4-16(12-18)19-6-3-11-22(19)20(23)14-25-17-9-7-15(13-21)8-10-17/h2,4-5,7-10,12,19H,3,6,11,14H2,1H3/t19-/m0/s1. The molecule has 1 aliphatic heterocycles. The molecule has 0 spiro atoms. The highest BCUT2D eigenvalue weighted by Crippen LogP contribution is 2.33. The van der Waals surface area contributed by atoms with E-state index in [1.807, 2.05) is 29.2 Å². The molecule has 0 radical (unpaired) electrons. The first-order chi connectivity index (χ1) is 12.2. The third kappa shape index (κ3) is 3.92. The predicted octanol–water partition coefficient (Wildman–Crippen LogP) is 3.31. The fraction of sp³-hybridized carbons (Fsp3) is 0.300. The first-order valence-electron chi connectivity index (χ1n) is 8.27. The Morgan fingerprint density at radius 1 is 1.24 bits per heavy atom. The normalized spacial score (nSPS) is 16.3. The maximum Gasteiger partial charge on any atom is 0.261 e. The number of hydrogen-bond donors (Lipinski definition) is 0. The second kappa shape index (κ2) is 7.71. The van der Waals surface area contributed by atoms with Gasteiger partial charge in [0.25, 0.3) is 5.91 Å². The number of hydrogen-bond acceptors (Lipinski definition) is 4. The summed E-state index contributed by atoms with van der Waals surface area (Å²) in [6, 6.07) is 16.7. The minimum atomic E-state index is -0.0327. The van der Waals surface area contributed by atoms with Gasteiger partial charge >= 0.3 is 0 Å². The van der Waals surface area contributed by atoms with Gasteiger partial charge in [-0.2, -0.15) is 5.26 Å². The Labute approximate surface area is 147 Å². The lowest BCUT2D eigenvalue weighted by molar-refractivity contribution is -0.134. The van der Waals surface area contributed by atoms with Crippen molar-refractivity contribution in [2.45, 2.75) is 18.9 Å². The van der Waals surface area contributed by atoms with Gasteiger partial charge in [-0.15, -0.1) is 0 Å². The number of ether oxygens (including phenoxy) is 2. The topological polar surface area (TPSA) is 62.6 Å².